The normalized spacial score (nSPS) is 12.2. The second-order valence-corrected chi connectivity index (χ2v) is 4.29. The molecule has 0 saturated heterocycles. The van der Waals surface area contributed by atoms with Crippen LogP contribution < -0.4 is 5.32 Å². The van der Waals surface area contributed by atoms with Gasteiger partial charge in [0.2, 0.25) is 0 Å². The Morgan fingerprint density at radius 3 is 2.61 bits per heavy atom. The molecule has 1 aromatic heterocycles. The highest BCUT2D eigenvalue weighted by molar-refractivity contribution is 6.29. The first-order valence-corrected chi connectivity index (χ1v) is 5.77. The van der Waals surface area contributed by atoms with Gasteiger partial charge in [0.05, 0.1) is 0 Å². The summed E-state index contributed by atoms with van der Waals surface area (Å²) in [5.74, 6) is -1.70. The van der Waals surface area contributed by atoms with Crippen molar-refractivity contribution in [3.63, 3.8) is 0 Å². The Morgan fingerprint density at radius 2 is 1.94 bits per heavy atom. The van der Waals surface area contributed by atoms with E-state index in [-0.39, 0.29) is 6.04 Å². The number of pyridine rings is 1. The molecule has 1 atom stereocenters. The number of anilines is 1. The van der Waals surface area contributed by atoms with Gasteiger partial charge in [-0.25, -0.2) is 13.8 Å². The molecule has 0 aliphatic heterocycles. The molecule has 0 aliphatic rings. The van der Waals surface area contributed by atoms with Gasteiger partial charge in [-0.15, -0.1) is 0 Å². The molecular weight excluding hydrogens is 258 g/mol. The third-order valence-electron chi connectivity index (χ3n) is 2.55. The van der Waals surface area contributed by atoms with Gasteiger partial charge in [-0.1, -0.05) is 17.7 Å². The average molecular weight is 269 g/mol. The molecule has 0 radical (unpaired) electrons. The van der Waals surface area contributed by atoms with Crippen LogP contribution in [0.2, 0.25) is 5.15 Å². The lowest BCUT2D eigenvalue weighted by molar-refractivity contribution is 0.506. The predicted molar refractivity (Wildman–Crippen MR) is 67.6 cm³/mol. The molecule has 2 nitrogen and oxygen atoms in total. The van der Waals surface area contributed by atoms with E-state index in [0.717, 1.165) is 11.8 Å². The maximum absolute atomic E-state index is 13.1. The molecule has 2 rings (SSSR count). The van der Waals surface area contributed by atoms with Crippen molar-refractivity contribution in [3.05, 3.63) is 58.9 Å². The topological polar surface area (TPSA) is 24.9 Å². The fourth-order valence-electron chi connectivity index (χ4n) is 1.61. The molecule has 18 heavy (non-hydrogen) atoms. The Morgan fingerprint density at radius 1 is 1.17 bits per heavy atom. The summed E-state index contributed by atoms with van der Waals surface area (Å²) in [6.45, 7) is 1.85. The van der Waals surface area contributed by atoms with Gasteiger partial charge in [0, 0.05) is 17.9 Å². The number of halogens is 3. The fourth-order valence-corrected chi connectivity index (χ4v) is 1.78. The van der Waals surface area contributed by atoms with Crippen molar-refractivity contribution >= 4 is 17.3 Å². The third kappa shape index (κ3) is 2.96. The van der Waals surface area contributed by atoms with E-state index >= 15 is 0 Å². The summed E-state index contributed by atoms with van der Waals surface area (Å²) in [5.41, 5.74) is 1.43. The minimum absolute atomic E-state index is 0.168. The molecule has 1 heterocycles. The molecule has 0 aliphatic carbocycles. The Balaban J connectivity index is 2.16. The highest BCUT2D eigenvalue weighted by atomic mass is 35.5. The molecule has 1 aromatic carbocycles. The zero-order valence-electron chi connectivity index (χ0n) is 9.62. The predicted octanol–water partition coefficient (Wildman–Crippen LogP) is 4.19. The Hall–Kier alpha value is -1.68. The first-order valence-electron chi connectivity index (χ1n) is 5.39. The van der Waals surface area contributed by atoms with Crippen LogP contribution in [0.3, 0.4) is 0 Å². The summed E-state index contributed by atoms with van der Waals surface area (Å²) in [7, 11) is 0. The summed E-state index contributed by atoms with van der Waals surface area (Å²) in [6.07, 6.45) is 1.57. The van der Waals surface area contributed by atoms with Gasteiger partial charge < -0.3 is 5.32 Å². The smallest absolute Gasteiger partial charge is 0.159 e. The van der Waals surface area contributed by atoms with Crippen molar-refractivity contribution in [1.29, 1.82) is 0 Å². The summed E-state index contributed by atoms with van der Waals surface area (Å²) in [4.78, 5) is 3.86. The van der Waals surface area contributed by atoms with Crippen LogP contribution in [0.25, 0.3) is 0 Å². The molecule has 0 saturated carbocycles. The Bertz CT molecular complexity index is 560. The molecule has 2 aromatic rings. The van der Waals surface area contributed by atoms with Gasteiger partial charge in [-0.05, 0) is 36.8 Å². The third-order valence-corrected chi connectivity index (χ3v) is 2.76. The van der Waals surface area contributed by atoms with E-state index in [4.69, 9.17) is 11.6 Å². The lowest BCUT2D eigenvalue weighted by Gasteiger charge is -2.15. The average Bonchev–Trinajstić information content (AvgIpc) is 2.32. The van der Waals surface area contributed by atoms with Crippen molar-refractivity contribution in [3.8, 4) is 0 Å². The maximum atomic E-state index is 13.1. The number of nitrogens with zero attached hydrogens (tertiary/aromatic N) is 1. The minimum atomic E-state index is -0.853. The van der Waals surface area contributed by atoms with Gasteiger partial charge in [0.15, 0.2) is 11.6 Å². The molecule has 1 N–H and O–H groups in total. The SMILES string of the molecule is CC(Nc1ccnc(Cl)c1)c1ccc(F)c(F)c1. The number of hydrogen-bond acceptors (Lipinski definition) is 2. The molecule has 0 fully saturated rings. The molecular formula is C13H11ClF2N2. The number of rotatable bonds is 3. The van der Waals surface area contributed by atoms with Crippen molar-refractivity contribution < 1.29 is 8.78 Å². The van der Waals surface area contributed by atoms with Crippen LogP contribution in [0, 0.1) is 11.6 Å². The maximum Gasteiger partial charge on any atom is 0.159 e. The van der Waals surface area contributed by atoms with Crippen LogP contribution in [0.5, 0.6) is 0 Å². The lowest BCUT2D eigenvalue weighted by atomic mass is 10.1. The van der Waals surface area contributed by atoms with E-state index in [2.05, 4.69) is 10.3 Å². The van der Waals surface area contributed by atoms with Crippen LogP contribution in [0.15, 0.2) is 36.5 Å². The van der Waals surface area contributed by atoms with Crippen LogP contribution >= 0.6 is 11.6 Å². The summed E-state index contributed by atoms with van der Waals surface area (Å²) in [5, 5.41) is 3.50. The lowest BCUT2D eigenvalue weighted by Crippen LogP contribution is -2.07. The quantitative estimate of drug-likeness (QED) is 0.845. The number of benzene rings is 1. The molecule has 5 heteroatoms. The van der Waals surface area contributed by atoms with E-state index < -0.39 is 11.6 Å². The zero-order valence-corrected chi connectivity index (χ0v) is 10.4. The highest BCUT2D eigenvalue weighted by Gasteiger charge is 2.09. The van der Waals surface area contributed by atoms with Gasteiger partial charge >= 0.3 is 0 Å². The van der Waals surface area contributed by atoms with Crippen LogP contribution in [0.1, 0.15) is 18.5 Å². The van der Waals surface area contributed by atoms with Crippen molar-refractivity contribution in [2.24, 2.45) is 0 Å². The van der Waals surface area contributed by atoms with Gasteiger partial charge in [-0.2, -0.15) is 0 Å². The van der Waals surface area contributed by atoms with Crippen molar-refractivity contribution in [1.82, 2.24) is 4.98 Å². The molecule has 1 unspecified atom stereocenters. The minimum Gasteiger partial charge on any atom is -0.378 e. The Labute approximate surface area is 109 Å². The fraction of sp³-hybridized carbons (Fsp3) is 0.154. The zero-order chi connectivity index (χ0) is 13.1. The number of hydrogen-bond donors (Lipinski definition) is 1. The van der Waals surface area contributed by atoms with E-state index in [1.54, 1.807) is 24.4 Å². The molecule has 0 amide bonds. The summed E-state index contributed by atoms with van der Waals surface area (Å²) >= 11 is 5.76. The van der Waals surface area contributed by atoms with E-state index in [9.17, 15) is 8.78 Å². The highest BCUT2D eigenvalue weighted by Crippen LogP contribution is 2.21. The van der Waals surface area contributed by atoms with Crippen LogP contribution in [-0.4, -0.2) is 4.98 Å². The van der Waals surface area contributed by atoms with Gasteiger partial charge in [-0.3, -0.25) is 0 Å². The first-order chi connectivity index (χ1) is 8.56. The van der Waals surface area contributed by atoms with Gasteiger partial charge in [0.25, 0.3) is 0 Å². The van der Waals surface area contributed by atoms with Crippen molar-refractivity contribution in [2.75, 3.05) is 5.32 Å². The first kappa shape index (κ1) is 12.8. The standard InChI is InChI=1S/C13H11ClF2N2/c1-8(9-2-3-11(15)12(16)6-9)18-10-4-5-17-13(14)7-10/h2-8H,1H3,(H,17,18). The van der Waals surface area contributed by atoms with Crippen molar-refractivity contribution in [2.45, 2.75) is 13.0 Å². The Kier molecular flexibility index (Phi) is 3.77. The summed E-state index contributed by atoms with van der Waals surface area (Å²) < 4.78 is 25.9. The second-order valence-electron chi connectivity index (χ2n) is 3.91. The number of aromatic nitrogens is 1. The van der Waals surface area contributed by atoms with E-state index in [0.29, 0.717) is 10.7 Å². The second kappa shape index (κ2) is 5.31. The molecule has 0 spiro atoms. The summed E-state index contributed by atoms with van der Waals surface area (Å²) in [6, 6.07) is 7.08. The van der Waals surface area contributed by atoms with E-state index in [1.165, 1.54) is 6.07 Å². The monoisotopic (exact) mass is 268 g/mol. The van der Waals surface area contributed by atoms with Crippen LogP contribution in [-0.2, 0) is 0 Å². The molecule has 0 bridgehead atoms. The van der Waals surface area contributed by atoms with Gasteiger partial charge in [0.1, 0.15) is 5.15 Å². The number of nitrogens with one attached hydrogen (secondary N) is 1. The molecule has 94 valence electrons. The largest absolute Gasteiger partial charge is 0.378 e. The van der Waals surface area contributed by atoms with E-state index in [1.807, 2.05) is 6.92 Å². The van der Waals surface area contributed by atoms with Crippen LogP contribution in [0.4, 0.5) is 14.5 Å².